The largest absolute Gasteiger partial charge is 0.375 e. The summed E-state index contributed by atoms with van der Waals surface area (Å²) < 4.78 is 5.77. The third-order valence-corrected chi connectivity index (χ3v) is 5.04. The number of nitrogens with zero attached hydrogens (tertiary/aromatic N) is 2. The summed E-state index contributed by atoms with van der Waals surface area (Å²) in [5, 5.41) is 5.85. The molecule has 24 heavy (non-hydrogen) atoms. The van der Waals surface area contributed by atoms with E-state index in [9.17, 15) is 4.79 Å². The number of hydrogen-bond donors (Lipinski definition) is 1. The molecule has 2 aromatic rings. The Balaban J connectivity index is 1.47. The van der Waals surface area contributed by atoms with Gasteiger partial charge < -0.3 is 10.1 Å². The molecule has 0 aliphatic carbocycles. The molecule has 1 aliphatic rings. The van der Waals surface area contributed by atoms with Crippen molar-refractivity contribution in [3.63, 3.8) is 0 Å². The highest BCUT2D eigenvalue weighted by Crippen LogP contribution is 2.16. The molecule has 0 spiro atoms. The van der Waals surface area contributed by atoms with Crippen molar-refractivity contribution in [2.75, 3.05) is 19.7 Å². The van der Waals surface area contributed by atoms with Crippen LogP contribution in [-0.2, 0) is 16.1 Å². The van der Waals surface area contributed by atoms with Gasteiger partial charge >= 0.3 is 0 Å². The number of amides is 1. The third kappa shape index (κ3) is 4.87. The quantitative estimate of drug-likeness (QED) is 0.874. The van der Waals surface area contributed by atoms with Gasteiger partial charge in [0.05, 0.1) is 25.2 Å². The summed E-state index contributed by atoms with van der Waals surface area (Å²) in [4.78, 5) is 18.8. The molecule has 1 amide bonds. The first kappa shape index (κ1) is 17.1. The fourth-order valence-corrected chi connectivity index (χ4v) is 3.55. The van der Waals surface area contributed by atoms with Crippen LogP contribution in [0, 0.1) is 0 Å². The molecular formula is C18H23N3O2S. The second kappa shape index (κ2) is 8.37. The summed E-state index contributed by atoms with van der Waals surface area (Å²) in [5.41, 5.74) is 1.29. The number of carbonyl (C=O) groups excluding carboxylic acids is 1. The highest BCUT2D eigenvalue weighted by Gasteiger charge is 2.23. The summed E-state index contributed by atoms with van der Waals surface area (Å²) >= 11 is 1.56. The molecule has 3 rings (SSSR count). The molecule has 128 valence electrons. The highest BCUT2D eigenvalue weighted by atomic mass is 32.1. The Morgan fingerprint density at radius 2 is 2.29 bits per heavy atom. The maximum absolute atomic E-state index is 12.2. The fourth-order valence-electron chi connectivity index (χ4n) is 2.91. The van der Waals surface area contributed by atoms with E-state index in [1.807, 2.05) is 18.4 Å². The lowest BCUT2D eigenvalue weighted by Gasteiger charge is -2.32. The smallest absolute Gasteiger partial charge is 0.223 e. The molecule has 2 atom stereocenters. The van der Waals surface area contributed by atoms with E-state index >= 15 is 0 Å². The molecule has 1 aliphatic heterocycles. The van der Waals surface area contributed by atoms with Gasteiger partial charge in [-0.2, -0.15) is 0 Å². The van der Waals surface area contributed by atoms with Crippen LogP contribution in [0.3, 0.4) is 0 Å². The van der Waals surface area contributed by atoms with E-state index in [0.717, 1.165) is 24.6 Å². The number of ether oxygens (including phenoxy) is 1. The van der Waals surface area contributed by atoms with Crippen molar-refractivity contribution in [3.05, 3.63) is 52.5 Å². The predicted molar refractivity (Wildman–Crippen MR) is 94.7 cm³/mol. The van der Waals surface area contributed by atoms with Crippen molar-refractivity contribution in [1.82, 2.24) is 15.2 Å². The molecule has 0 radical (unpaired) electrons. The molecule has 6 heteroatoms. The number of rotatable bonds is 6. The van der Waals surface area contributed by atoms with Crippen LogP contribution in [0.25, 0.3) is 0 Å². The molecule has 2 heterocycles. The Labute approximate surface area is 146 Å². The van der Waals surface area contributed by atoms with E-state index in [1.54, 1.807) is 17.5 Å². The van der Waals surface area contributed by atoms with Crippen molar-refractivity contribution in [1.29, 1.82) is 0 Å². The van der Waals surface area contributed by atoms with E-state index in [0.29, 0.717) is 13.0 Å². The minimum Gasteiger partial charge on any atom is -0.375 e. The van der Waals surface area contributed by atoms with Gasteiger partial charge in [-0.1, -0.05) is 30.3 Å². The lowest BCUT2D eigenvalue weighted by Crippen LogP contribution is -2.44. The lowest BCUT2D eigenvalue weighted by molar-refractivity contribution is -0.126. The molecule has 1 fully saturated rings. The number of carbonyl (C=O) groups is 1. The molecule has 5 nitrogen and oxygen atoms in total. The van der Waals surface area contributed by atoms with Crippen molar-refractivity contribution in [3.8, 4) is 0 Å². The molecule has 1 saturated heterocycles. The Morgan fingerprint density at radius 3 is 3.04 bits per heavy atom. The minimum absolute atomic E-state index is 0.0178. The third-order valence-electron chi connectivity index (χ3n) is 4.08. The van der Waals surface area contributed by atoms with Crippen LogP contribution in [0.15, 0.2) is 41.9 Å². The second-order valence-electron chi connectivity index (χ2n) is 6.08. The first-order chi connectivity index (χ1) is 11.7. The summed E-state index contributed by atoms with van der Waals surface area (Å²) in [6, 6.07) is 10.3. The average molecular weight is 345 g/mol. The Hall–Kier alpha value is -1.76. The first-order valence-electron chi connectivity index (χ1n) is 8.27. The van der Waals surface area contributed by atoms with E-state index in [1.165, 1.54) is 5.56 Å². The topological polar surface area (TPSA) is 54.5 Å². The van der Waals surface area contributed by atoms with Gasteiger partial charge in [-0.05, 0) is 12.5 Å². The van der Waals surface area contributed by atoms with Crippen molar-refractivity contribution >= 4 is 17.2 Å². The standard InChI is InChI=1S/C18H23N3O2S/c1-14(18-19-7-10-24-18)20-17(22)11-16-13-21(8-9-23-16)12-15-5-3-2-4-6-15/h2-7,10,14,16H,8-9,11-13H2,1H3,(H,20,22)/t14-,16-/m1/s1. The summed E-state index contributed by atoms with van der Waals surface area (Å²) in [5.74, 6) is 0.0178. The number of nitrogens with one attached hydrogen (secondary N) is 1. The molecule has 0 saturated carbocycles. The van der Waals surface area contributed by atoms with E-state index in [-0.39, 0.29) is 18.1 Å². The van der Waals surface area contributed by atoms with Crippen LogP contribution >= 0.6 is 11.3 Å². The van der Waals surface area contributed by atoms with Gasteiger partial charge in [-0.15, -0.1) is 11.3 Å². The molecule has 0 unspecified atom stereocenters. The fraction of sp³-hybridized carbons (Fsp3) is 0.444. The Morgan fingerprint density at radius 1 is 1.46 bits per heavy atom. The Bertz CT molecular complexity index is 633. The molecule has 1 aromatic carbocycles. The molecule has 0 bridgehead atoms. The van der Waals surface area contributed by atoms with Gasteiger partial charge in [0.2, 0.25) is 5.91 Å². The van der Waals surface area contributed by atoms with Gasteiger partial charge in [0, 0.05) is 31.2 Å². The van der Waals surface area contributed by atoms with Gasteiger partial charge in [-0.25, -0.2) is 4.98 Å². The normalized spacial score (nSPS) is 19.8. The van der Waals surface area contributed by atoms with Gasteiger partial charge in [-0.3, -0.25) is 9.69 Å². The van der Waals surface area contributed by atoms with Crippen LogP contribution in [0.2, 0.25) is 0 Å². The number of thiazole rings is 1. The van der Waals surface area contributed by atoms with E-state index in [4.69, 9.17) is 4.74 Å². The summed E-state index contributed by atoms with van der Waals surface area (Å²) in [7, 11) is 0. The summed E-state index contributed by atoms with van der Waals surface area (Å²) in [6.07, 6.45) is 2.10. The van der Waals surface area contributed by atoms with Gasteiger partial charge in [0.1, 0.15) is 5.01 Å². The lowest BCUT2D eigenvalue weighted by atomic mass is 10.1. The predicted octanol–water partition coefficient (Wildman–Crippen LogP) is 2.61. The van der Waals surface area contributed by atoms with Crippen molar-refractivity contribution in [2.24, 2.45) is 0 Å². The zero-order valence-electron chi connectivity index (χ0n) is 13.9. The zero-order chi connectivity index (χ0) is 16.8. The average Bonchev–Trinajstić information content (AvgIpc) is 3.10. The van der Waals surface area contributed by atoms with E-state index in [2.05, 4.69) is 39.5 Å². The van der Waals surface area contributed by atoms with Crippen molar-refractivity contribution in [2.45, 2.75) is 32.0 Å². The van der Waals surface area contributed by atoms with Crippen LogP contribution < -0.4 is 5.32 Å². The van der Waals surface area contributed by atoms with Crippen LogP contribution in [0.5, 0.6) is 0 Å². The Kier molecular flexibility index (Phi) is 5.96. The van der Waals surface area contributed by atoms with Crippen molar-refractivity contribution < 1.29 is 9.53 Å². The second-order valence-corrected chi connectivity index (χ2v) is 7.00. The van der Waals surface area contributed by atoms with Gasteiger partial charge in [0.15, 0.2) is 0 Å². The van der Waals surface area contributed by atoms with Crippen LogP contribution in [0.1, 0.15) is 30.0 Å². The van der Waals surface area contributed by atoms with E-state index < -0.39 is 0 Å². The SMILES string of the molecule is C[C@@H](NC(=O)C[C@@H]1CN(Cc2ccccc2)CCO1)c1nccs1. The monoisotopic (exact) mass is 345 g/mol. The zero-order valence-corrected chi connectivity index (χ0v) is 14.7. The van der Waals surface area contributed by atoms with Gasteiger partial charge in [0.25, 0.3) is 0 Å². The maximum Gasteiger partial charge on any atom is 0.223 e. The first-order valence-corrected chi connectivity index (χ1v) is 9.15. The minimum atomic E-state index is -0.0542. The molecule has 1 aromatic heterocycles. The number of aromatic nitrogens is 1. The molecule has 1 N–H and O–H groups in total. The van der Waals surface area contributed by atoms with Crippen LogP contribution in [0.4, 0.5) is 0 Å². The number of benzene rings is 1. The number of morpholine rings is 1. The maximum atomic E-state index is 12.2. The van der Waals surface area contributed by atoms with Crippen LogP contribution in [-0.4, -0.2) is 41.6 Å². The highest BCUT2D eigenvalue weighted by molar-refractivity contribution is 7.09. The molecular weight excluding hydrogens is 322 g/mol. The summed E-state index contributed by atoms with van der Waals surface area (Å²) in [6.45, 7) is 5.22. The number of hydrogen-bond acceptors (Lipinski definition) is 5.